The molecule has 1 aromatic rings. The molecule has 3 nitrogen and oxygen atoms in total. The zero-order valence-corrected chi connectivity index (χ0v) is 12.9. The Morgan fingerprint density at radius 1 is 1.20 bits per heavy atom. The van der Waals surface area contributed by atoms with Crippen LogP contribution in [-0.4, -0.2) is 18.2 Å². The summed E-state index contributed by atoms with van der Waals surface area (Å²) in [7, 11) is 1.37. The molecule has 0 saturated carbocycles. The van der Waals surface area contributed by atoms with Gasteiger partial charge < -0.3 is 9.84 Å². The van der Waals surface area contributed by atoms with Gasteiger partial charge in [-0.2, -0.15) is 0 Å². The Kier molecular flexibility index (Phi) is 6.73. The van der Waals surface area contributed by atoms with Crippen molar-refractivity contribution in [3.05, 3.63) is 35.4 Å². The molecule has 1 N–H and O–H groups in total. The number of unbranched alkanes of at least 4 members (excludes halogenated alkanes) is 1. The summed E-state index contributed by atoms with van der Waals surface area (Å²) in [5.74, 6) is -0.360. The number of aliphatic hydroxyl groups excluding tert-OH is 1. The van der Waals surface area contributed by atoms with Crippen LogP contribution >= 0.6 is 0 Å². The standard InChI is InChI=1S/C17H26O3/c1-5-6-7-15(17(19)20-4)16(18)14-10-8-13(9-11-14)12(2)3/h8-12,15-16,18H,5-7H2,1-4H3. The molecular formula is C17H26O3. The Labute approximate surface area is 122 Å². The molecule has 0 radical (unpaired) electrons. The lowest BCUT2D eigenvalue weighted by atomic mass is 9.90. The smallest absolute Gasteiger partial charge is 0.311 e. The van der Waals surface area contributed by atoms with E-state index in [1.54, 1.807) is 0 Å². The van der Waals surface area contributed by atoms with Crippen LogP contribution < -0.4 is 0 Å². The van der Waals surface area contributed by atoms with E-state index in [2.05, 4.69) is 20.8 Å². The quantitative estimate of drug-likeness (QED) is 0.771. The van der Waals surface area contributed by atoms with E-state index in [9.17, 15) is 9.90 Å². The molecule has 0 aliphatic rings. The lowest BCUT2D eigenvalue weighted by Gasteiger charge is -2.21. The van der Waals surface area contributed by atoms with Crippen LogP contribution in [0.4, 0.5) is 0 Å². The van der Waals surface area contributed by atoms with Crippen LogP contribution in [-0.2, 0) is 9.53 Å². The fourth-order valence-corrected chi connectivity index (χ4v) is 2.29. The molecule has 1 rings (SSSR count). The second-order valence-corrected chi connectivity index (χ2v) is 5.54. The second kappa shape index (κ2) is 8.05. The third kappa shape index (κ3) is 4.34. The predicted molar refractivity (Wildman–Crippen MR) is 80.5 cm³/mol. The number of aliphatic hydroxyl groups is 1. The largest absolute Gasteiger partial charge is 0.469 e. The summed E-state index contributed by atoms with van der Waals surface area (Å²) < 4.78 is 4.82. The minimum Gasteiger partial charge on any atom is -0.469 e. The van der Waals surface area contributed by atoms with Crippen molar-refractivity contribution in [3.63, 3.8) is 0 Å². The molecule has 20 heavy (non-hydrogen) atoms. The van der Waals surface area contributed by atoms with Gasteiger partial charge in [0.05, 0.1) is 19.1 Å². The number of ether oxygens (including phenoxy) is 1. The number of benzene rings is 1. The first-order valence-corrected chi connectivity index (χ1v) is 7.37. The fourth-order valence-electron chi connectivity index (χ4n) is 2.29. The Hall–Kier alpha value is -1.35. The summed E-state index contributed by atoms with van der Waals surface area (Å²) in [6.45, 7) is 6.33. The topological polar surface area (TPSA) is 46.5 Å². The number of hydrogen-bond donors (Lipinski definition) is 1. The van der Waals surface area contributed by atoms with E-state index in [0.717, 1.165) is 18.4 Å². The summed E-state index contributed by atoms with van der Waals surface area (Å²) in [5, 5.41) is 10.4. The van der Waals surface area contributed by atoms with Gasteiger partial charge in [0, 0.05) is 0 Å². The van der Waals surface area contributed by atoms with Crippen molar-refractivity contribution in [2.45, 2.75) is 52.1 Å². The van der Waals surface area contributed by atoms with Crippen LogP contribution in [0.25, 0.3) is 0 Å². The Bertz CT molecular complexity index is 409. The first-order valence-electron chi connectivity index (χ1n) is 7.37. The normalized spacial score (nSPS) is 14.1. The molecular weight excluding hydrogens is 252 g/mol. The van der Waals surface area contributed by atoms with Crippen LogP contribution in [0.2, 0.25) is 0 Å². The van der Waals surface area contributed by atoms with Gasteiger partial charge in [-0.25, -0.2) is 0 Å². The van der Waals surface area contributed by atoms with E-state index < -0.39 is 12.0 Å². The van der Waals surface area contributed by atoms with Crippen LogP contribution in [0.3, 0.4) is 0 Å². The van der Waals surface area contributed by atoms with Gasteiger partial charge in [-0.3, -0.25) is 4.79 Å². The number of methoxy groups -OCH3 is 1. The van der Waals surface area contributed by atoms with E-state index in [1.807, 2.05) is 24.3 Å². The lowest BCUT2D eigenvalue weighted by Crippen LogP contribution is -2.23. The van der Waals surface area contributed by atoms with Crippen LogP contribution in [0.15, 0.2) is 24.3 Å². The zero-order valence-electron chi connectivity index (χ0n) is 12.9. The van der Waals surface area contributed by atoms with Crippen molar-refractivity contribution in [2.75, 3.05) is 7.11 Å². The maximum Gasteiger partial charge on any atom is 0.311 e. The summed E-state index contributed by atoms with van der Waals surface area (Å²) >= 11 is 0. The van der Waals surface area contributed by atoms with Gasteiger partial charge in [0.25, 0.3) is 0 Å². The van der Waals surface area contributed by atoms with E-state index in [1.165, 1.54) is 12.7 Å². The van der Waals surface area contributed by atoms with E-state index in [-0.39, 0.29) is 5.97 Å². The number of esters is 1. The highest BCUT2D eigenvalue weighted by atomic mass is 16.5. The van der Waals surface area contributed by atoms with Gasteiger partial charge in [-0.05, 0) is 23.5 Å². The highest BCUT2D eigenvalue weighted by Crippen LogP contribution is 2.28. The summed E-state index contributed by atoms with van der Waals surface area (Å²) in [6, 6.07) is 7.83. The number of hydrogen-bond acceptors (Lipinski definition) is 3. The van der Waals surface area contributed by atoms with Gasteiger partial charge >= 0.3 is 5.97 Å². The van der Waals surface area contributed by atoms with Crippen molar-refractivity contribution in [1.82, 2.24) is 0 Å². The van der Waals surface area contributed by atoms with E-state index >= 15 is 0 Å². The van der Waals surface area contributed by atoms with Gasteiger partial charge in [-0.15, -0.1) is 0 Å². The third-order valence-corrected chi connectivity index (χ3v) is 3.70. The summed E-state index contributed by atoms with van der Waals surface area (Å²) in [6.07, 6.45) is 1.75. The highest BCUT2D eigenvalue weighted by molar-refractivity contribution is 5.73. The van der Waals surface area contributed by atoms with Crippen LogP contribution in [0, 0.1) is 5.92 Å². The average Bonchev–Trinajstić information content (AvgIpc) is 2.47. The van der Waals surface area contributed by atoms with Gasteiger partial charge in [0.15, 0.2) is 0 Å². The molecule has 0 spiro atoms. The molecule has 0 heterocycles. The van der Waals surface area contributed by atoms with Gasteiger partial charge in [0.1, 0.15) is 0 Å². The van der Waals surface area contributed by atoms with E-state index in [4.69, 9.17) is 4.74 Å². The molecule has 0 bridgehead atoms. The first-order chi connectivity index (χ1) is 9.51. The van der Waals surface area contributed by atoms with Crippen molar-refractivity contribution in [1.29, 1.82) is 0 Å². The molecule has 1 aromatic carbocycles. The minimum atomic E-state index is -0.796. The minimum absolute atomic E-state index is 0.334. The average molecular weight is 278 g/mol. The van der Waals surface area contributed by atoms with Gasteiger partial charge in [-0.1, -0.05) is 57.9 Å². The molecule has 0 aromatic heterocycles. The SMILES string of the molecule is CCCCC(C(=O)OC)C(O)c1ccc(C(C)C)cc1. The zero-order chi connectivity index (χ0) is 15.1. The molecule has 0 aliphatic heterocycles. The summed E-state index contributed by atoms with van der Waals surface area (Å²) in [5.41, 5.74) is 2.00. The molecule has 0 aliphatic carbocycles. The first kappa shape index (κ1) is 16.7. The molecule has 112 valence electrons. The summed E-state index contributed by atoms with van der Waals surface area (Å²) in [4.78, 5) is 11.8. The van der Waals surface area contributed by atoms with Crippen LogP contribution in [0.1, 0.15) is 63.2 Å². The Balaban J connectivity index is 2.87. The Morgan fingerprint density at radius 3 is 2.20 bits per heavy atom. The fraction of sp³-hybridized carbons (Fsp3) is 0.588. The maximum atomic E-state index is 11.8. The van der Waals surface area contributed by atoms with Crippen molar-refractivity contribution < 1.29 is 14.6 Å². The van der Waals surface area contributed by atoms with Gasteiger partial charge in [0.2, 0.25) is 0 Å². The molecule has 2 unspecified atom stereocenters. The van der Waals surface area contributed by atoms with Crippen molar-refractivity contribution in [2.24, 2.45) is 5.92 Å². The monoisotopic (exact) mass is 278 g/mol. The molecule has 0 saturated heterocycles. The maximum absolute atomic E-state index is 11.8. The third-order valence-electron chi connectivity index (χ3n) is 3.70. The molecule has 0 amide bonds. The van der Waals surface area contributed by atoms with Crippen molar-refractivity contribution in [3.8, 4) is 0 Å². The van der Waals surface area contributed by atoms with Crippen LogP contribution in [0.5, 0.6) is 0 Å². The second-order valence-electron chi connectivity index (χ2n) is 5.54. The highest BCUT2D eigenvalue weighted by Gasteiger charge is 2.28. The lowest BCUT2D eigenvalue weighted by molar-refractivity contribution is -0.150. The molecule has 2 atom stereocenters. The van der Waals surface area contributed by atoms with Crippen molar-refractivity contribution >= 4 is 5.97 Å². The molecule has 0 fully saturated rings. The number of carbonyl (C=O) groups excluding carboxylic acids is 1. The number of rotatable bonds is 7. The predicted octanol–water partition coefficient (Wildman–Crippen LogP) is 3.82. The molecule has 3 heteroatoms. The number of carbonyl (C=O) groups is 1. The van der Waals surface area contributed by atoms with E-state index in [0.29, 0.717) is 12.3 Å². The Morgan fingerprint density at radius 2 is 1.75 bits per heavy atom.